The highest BCUT2D eigenvalue weighted by atomic mass is 19.1. The van der Waals surface area contributed by atoms with Crippen molar-refractivity contribution in [2.75, 3.05) is 38.2 Å². The molecule has 0 bridgehead atoms. The van der Waals surface area contributed by atoms with Gasteiger partial charge in [-0.15, -0.1) is 6.42 Å². The predicted octanol–water partition coefficient (Wildman–Crippen LogP) is 3.28. The van der Waals surface area contributed by atoms with Crippen LogP contribution in [-0.4, -0.2) is 58.2 Å². The van der Waals surface area contributed by atoms with Crippen molar-refractivity contribution in [3.05, 3.63) is 47.9 Å². The molecule has 1 aliphatic rings. The first-order chi connectivity index (χ1) is 16.5. The van der Waals surface area contributed by atoms with E-state index in [0.29, 0.717) is 59.3 Å². The molecule has 0 amide bonds. The third kappa shape index (κ3) is 3.44. The Balaban J connectivity index is 1.73. The van der Waals surface area contributed by atoms with Gasteiger partial charge in [0, 0.05) is 48.9 Å². The largest absolute Gasteiger partial charge is 0.508 e. The summed E-state index contributed by atoms with van der Waals surface area (Å²) in [6.45, 7) is 2.13. The Labute approximate surface area is 194 Å². The molecule has 2 aromatic heterocycles. The Kier molecular flexibility index (Phi) is 5.23. The molecule has 0 unspecified atom stereocenters. The van der Waals surface area contributed by atoms with Crippen molar-refractivity contribution in [2.45, 2.75) is 0 Å². The number of piperazine rings is 1. The van der Waals surface area contributed by atoms with E-state index in [-0.39, 0.29) is 23.0 Å². The van der Waals surface area contributed by atoms with Crippen molar-refractivity contribution in [2.24, 2.45) is 0 Å². The van der Waals surface area contributed by atoms with Crippen LogP contribution in [0.25, 0.3) is 32.9 Å². The maximum atomic E-state index is 16.0. The summed E-state index contributed by atoms with van der Waals surface area (Å²) in [6, 6.07) is 8.37. The van der Waals surface area contributed by atoms with Gasteiger partial charge in [0.2, 0.25) is 0 Å². The van der Waals surface area contributed by atoms with E-state index in [0.717, 1.165) is 0 Å². The number of phenolic OH excluding ortho intramolecular Hbond substituents is 1. The smallest absolute Gasteiger partial charge is 0.318 e. The summed E-state index contributed by atoms with van der Waals surface area (Å²) in [5, 5.41) is 21.1. The monoisotopic (exact) mass is 454 g/mol. The Morgan fingerprint density at radius 2 is 1.97 bits per heavy atom. The molecule has 168 valence electrons. The second-order valence-electron chi connectivity index (χ2n) is 7.83. The summed E-state index contributed by atoms with van der Waals surface area (Å²) in [7, 11) is 1.42. The lowest BCUT2D eigenvalue weighted by Gasteiger charge is -2.33. The van der Waals surface area contributed by atoms with Crippen molar-refractivity contribution in [3.63, 3.8) is 0 Å². The number of nitrogens with zero attached hydrogens (tertiary/aromatic N) is 6. The number of pyridine rings is 1. The maximum Gasteiger partial charge on any atom is 0.318 e. The average molecular weight is 454 g/mol. The summed E-state index contributed by atoms with van der Waals surface area (Å²) in [5.41, 5.74) is 0.983. The van der Waals surface area contributed by atoms with Gasteiger partial charge >= 0.3 is 6.01 Å². The van der Waals surface area contributed by atoms with E-state index in [4.69, 9.17) is 16.4 Å². The summed E-state index contributed by atoms with van der Waals surface area (Å²) < 4.78 is 21.3. The molecule has 1 fully saturated rings. The molecule has 0 aliphatic carbocycles. The minimum Gasteiger partial charge on any atom is -0.508 e. The lowest BCUT2D eigenvalue weighted by atomic mass is 9.96. The molecule has 1 aliphatic heterocycles. The van der Waals surface area contributed by atoms with Gasteiger partial charge in [-0.2, -0.15) is 15.2 Å². The topological polar surface area (TPSA) is 98.4 Å². The molecular formula is C25H19FN6O2. The fourth-order valence-corrected chi connectivity index (χ4v) is 4.28. The highest BCUT2D eigenvalue weighted by Crippen LogP contribution is 2.38. The van der Waals surface area contributed by atoms with Gasteiger partial charge in [0.1, 0.15) is 22.8 Å². The van der Waals surface area contributed by atoms with E-state index in [9.17, 15) is 5.11 Å². The molecular weight excluding hydrogens is 435 g/mol. The third-order valence-corrected chi connectivity index (χ3v) is 5.92. The van der Waals surface area contributed by atoms with Crippen molar-refractivity contribution >= 4 is 27.5 Å². The first kappa shape index (κ1) is 21.2. The standard InChI is InChI=1S/C25H19FN6O2/c1-3-15-5-4-6-16-11-17(33)12-18(20(15)16)22-21(26)23-19(13-28-22)24(30-25(29-23)34-2)32-9-7-31(14-27)8-10-32/h1,4-6,11-13,33H,7-10H2,2H3. The molecule has 1 saturated heterocycles. The molecule has 8 nitrogen and oxygen atoms in total. The quantitative estimate of drug-likeness (QED) is 0.372. The number of phenols is 1. The van der Waals surface area contributed by atoms with Gasteiger partial charge in [0.05, 0.1) is 12.5 Å². The Morgan fingerprint density at radius 1 is 1.18 bits per heavy atom. The highest BCUT2D eigenvalue weighted by molar-refractivity contribution is 6.02. The van der Waals surface area contributed by atoms with Crippen LogP contribution in [-0.2, 0) is 0 Å². The van der Waals surface area contributed by atoms with E-state index in [1.165, 1.54) is 19.4 Å². The number of methoxy groups -OCH3 is 1. The van der Waals surface area contributed by atoms with Crippen LogP contribution in [0, 0.1) is 29.6 Å². The Morgan fingerprint density at radius 3 is 2.68 bits per heavy atom. The summed E-state index contributed by atoms with van der Waals surface area (Å²) in [5.74, 6) is 2.41. The number of anilines is 1. The van der Waals surface area contributed by atoms with E-state index < -0.39 is 5.82 Å². The number of rotatable bonds is 3. The molecule has 0 saturated carbocycles. The zero-order chi connectivity index (χ0) is 23.8. The van der Waals surface area contributed by atoms with Crippen molar-refractivity contribution in [1.82, 2.24) is 19.9 Å². The number of halogens is 1. The van der Waals surface area contributed by atoms with Crippen LogP contribution < -0.4 is 9.64 Å². The summed E-state index contributed by atoms with van der Waals surface area (Å²) >= 11 is 0. The van der Waals surface area contributed by atoms with Gasteiger partial charge < -0.3 is 19.6 Å². The minimum absolute atomic E-state index is 0.0112. The second kappa shape index (κ2) is 8.38. The first-order valence-electron chi connectivity index (χ1n) is 10.6. The molecule has 0 radical (unpaired) electrons. The SMILES string of the molecule is C#Cc1cccc2cc(O)cc(-c3ncc4c(N5CCN(C#N)CC5)nc(OC)nc4c3F)c12. The normalized spacial score (nSPS) is 13.6. The molecule has 9 heteroatoms. The molecule has 3 heterocycles. The van der Waals surface area contributed by atoms with Crippen molar-refractivity contribution in [1.29, 1.82) is 5.26 Å². The van der Waals surface area contributed by atoms with Gasteiger partial charge in [-0.05, 0) is 23.6 Å². The van der Waals surface area contributed by atoms with Crippen LogP contribution in [0.3, 0.4) is 0 Å². The van der Waals surface area contributed by atoms with Gasteiger partial charge in [0.15, 0.2) is 12.0 Å². The minimum atomic E-state index is -0.672. The summed E-state index contributed by atoms with van der Waals surface area (Å²) in [4.78, 5) is 16.8. The molecule has 0 atom stereocenters. The number of nitriles is 1. The van der Waals surface area contributed by atoms with Crippen molar-refractivity contribution in [3.8, 4) is 41.6 Å². The zero-order valence-corrected chi connectivity index (χ0v) is 18.3. The van der Waals surface area contributed by atoms with Crippen LogP contribution in [0.4, 0.5) is 10.2 Å². The van der Waals surface area contributed by atoms with Crippen LogP contribution in [0.1, 0.15) is 5.56 Å². The number of benzene rings is 2. The van der Waals surface area contributed by atoms with Crippen LogP contribution >= 0.6 is 0 Å². The van der Waals surface area contributed by atoms with E-state index in [2.05, 4.69) is 27.1 Å². The number of ether oxygens (including phenoxy) is 1. The van der Waals surface area contributed by atoms with Gasteiger partial charge in [0.25, 0.3) is 0 Å². The summed E-state index contributed by atoms with van der Waals surface area (Å²) in [6.07, 6.45) is 9.36. The van der Waals surface area contributed by atoms with Gasteiger partial charge in [-0.1, -0.05) is 18.1 Å². The number of aromatic nitrogens is 3. The number of terminal acetylenes is 1. The lowest BCUT2D eigenvalue weighted by molar-refractivity contribution is 0.358. The molecule has 0 spiro atoms. The highest BCUT2D eigenvalue weighted by Gasteiger charge is 2.24. The second-order valence-corrected chi connectivity index (χ2v) is 7.83. The maximum absolute atomic E-state index is 16.0. The zero-order valence-electron chi connectivity index (χ0n) is 18.3. The van der Waals surface area contributed by atoms with Gasteiger partial charge in [-0.25, -0.2) is 4.39 Å². The number of aromatic hydroxyl groups is 1. The Bertz CT molecular complexity index is 1520. The fraction of sp³-hybridized carbons (Fsp3) is 0.200. The van der Waals surface area contributed by atoms with Crippen LogP contribution in [0.15, 0.2) is 36.5 Å². The van der Waals surface area contributed by atoms with Gasteiger partial charge in [-0.3, -0.25) is 4.98 Å². The van der Waals surface area contributed by atoms with Crippen LogP contribution in [0.2, 0.25) is 0 Å². The predicted molar refractivity (Wildman–Crippen MR) is 126 cm³/mol. The third-order valence-electron chi connectivity index (χ3n) is 5.92. The Hall–Kier alpha value is -4.63. The number of hydrogen-bond acceptors (Lipinski definition) is 8. The number of fused-ring (bicyclic) bond motifs is 2. The van der Waals surface area contributed by atoms with E-state index in [1.807, 2.05) is 4.90 Å². The molecule has 5 rings (SSSR count). The van der Waals surface area contributed by atoms with Crippen LogP contribution in [0.5, 0.6) is 11.8 Å². The fourth-order valence-electron chi connectivity index (χ4n) is 4.28. The van der Waals surface area contributed by atoms with E-state index in [1.54, 1.807) is 29.2 Å². The van der Waals surface area contributed by atoms with E-state index >= 15 is 4.39 Å². The number of hydrogen-bond donors (Lipinski definition) is 1. The lowest BCUT2D eigenvalue weighted by Crippen LogP contribution is -2.44. The molecule has 34 heavy (non-hydrogen) atoms. The molecule has 2 aromatic carbocycles. The first-order valence-corrected chi connectivity index (χ1v) is 10.6. The average Bonchev–Trinajstić information content (AvgIpc) is 2.87. The molecule has 4 aromatic rings. The molecule has 1 N–H and O–H groups in total. The van der Waals surface area contributed by atoms with Crippen molar-refractivity contribution < 1.29 is 14.2 Å².